The first-order valence-electron chi connectivity index (χ1n) is 4.97. The van der Waals surface area contributed by atoms with E-state index in [1.54, 1.807) is 30.3 Å². The molecule has 1 rings (SSSR count). The smallest absolute Gasteiger partial charge is 0.322 e. The molecule has 1 aromatic carbocycles. The lowest BCUT2D eigenvalue weighted by Crippen LogP contribution is -2.29. The maximum Gasteiger partial charge on any atom is 0.322 e. The molecule has 0 bridgehead atoms. The van der Waals surface area contributed by atoms with Crippen molar-refractivity contribution in [3.8, 4) is 5.75 Å². The van der Waals surface area contributed by atoms with E-state index in [2.05, 4.69) is 11.9 Å². The monoisotopic (exact) mass is 235 g/mol. The van der Waals surface area contributed by atoms with Gasteiger partial charge in [0.25, 0.3) is 5.91 Å². The molecule has 90 valence electrons. The zero-order valence-electron chi connectivity index (χ0n) is 9.18. The third-order valence-corrected chi connectivity index (χ3v) is 1.88. The number of carbonyl (C=O) groups is 2. The van der Waals surface area contributed by atoms with E-state index in [4.69, 9.17) is 9.84 Å². The van der Waals surface area contributed by atoms with Crippen molar-refractivity contribution >= 4 is 11.9 Å². The highest BCUT2D eigenvalue weighted by Gasteiger charge is 2.06. The van der Waals surface area contributed by atoms with Crippen molar-refractivity contribution in [2.75, 3.05) is 13.2 Å². The number of carbonyl (C=O) groups excluding carboxylic acids is 1. The van der Waals surface area contributed by atoms with E-state index in [-0.39, 0.29) is 0 Å². The van der Waals surface area contributed by atoms with Gasteiger partial charge in [-0.05, 0) is 24.3 Å². The minimum absolute atomic E-state index is 0.386. The second-order valence-corrected chi connectivity index (χ2v) is 3.20. The fourth-order valence-electron chi connectivity index (χ4n) is 1.12. The van der Waals surface area contributed by atoms with Crippen LogP contribution in [0.4, 0.5) is 0 Å². The van der Waals surface area contributed by atoms with Gasteiger partial charge in [-0.2, -0.15) is 0 Å². The van der Waals surface area contributed by atoms with Crippen LogP contribution >= 0.6 is 0 Å². The number of nitrogens with one attached hydrogen (secondary N) is 1. The van der Waals surface area contributed by atoms with E-state index in [1.165, 1.54) is 0 Å². The van der Waals surface area contributed by atoms with Crippen LogP contribution in [0, 0.1) is 0 Å². The van der Waals surface area contributed by atoms with Crippen molar-refractivity contribution in [1.29, 1.82) is 0 Å². The first kappa shape index (κ1) is 12.8. The van der Waals surface area contributed by atoms with E-state index in [1.807, 2.05) is 0 Å². The molecule has 5 nitrogen and oxygen atoms in total. The van der Waals surface area contributed by atoms with Crippen molar-refractivity contribution in [1.82, 2.24) is 5.32 Å². The maximum atomic E-state index is 11.4. The number of hydrogen-bond acceptors (Lipinski definition) is 3. The van der Waals surface area contributed by atoms with Crippen molar-refractivity contribution in [3.63, 3.8) is 0 Å². The molecule has 0 atom stereocenters. The SMILES string of the molecule is C=CCOc1ccc(C(=O)NCC(=O)O)cc1. The molecule has 0 radical (unpaired) electrons. The third kappa shape index (κ3) is 4.38. The summed E-state index contributed by atoms with van der Waals surface area (Å²) in [5, 5.41) is 10.7. The molecular formula is C12H13NO4. The number of amides is 1. The predicted molar refractivity (Wildman–Crippen MR) is 62.1 cm³/mol. The van der Waals surface area contributed by atoms with Crippen molar-refractivity contribution < 1.29 is 19.4 Å². The number of ether oxygens (including phenoxy) is 1. The predicted octanol–water partition coefficient (Wildman–Crippen LogP) is 1.07. The van der Waals surface area contributed by atoms with Gasteiger partial charge in [-0.1, -0.05) is 12.7 Å². The van der Waals surface area contributed by atoms with Crippen LogP contribution in [-0.2, 0) is 4.79 Å². The largest absolute Gasteiger partial charge is 0.490 e. The molecule has 0 aliphatic heterocycles. The highest BCUT2D eigenvalue weighted by Crippen LogP contribution is 2.11. The van der Waals surface area contributed by atoms with Crippen LogP contribution in [0.5, 0.6) is 5.75 Å². The average Bonchev–Trinajstić information content (AvgIpc) is 2.34. The Kier molecular flexibility index (Phi) is 4.75. The fraction of sp³-hybridized carbons (Fsp3) is 0.167. The quantitative estimate of drug-likeness (QED) is 0.723. The minimum Gasteiger partial charge on any atom is -0.490 e. The molecule has 17 heavy (non-hydrogen) atoms. The summed E-state index contributed by atoms with van der Waals surface area (Å²) >= 11 is 0. The van der Waals surface area contributed by atoms with E-state index in [9.17, 15) is 9.59 Å². The summed E-state index contributed by atoms with van der Waals surface area (Å²) in [6.45, 7) is 3.52. The van der Waals surface area contributed by atoms with Gasteiger partial charge in [0.1, 0.15) is 18.9 Å². The van der Waals surface area contributed by atoms with Crippen LogP contribution in [0.25, 0.3) is 0 Å². The summed E-state index contributed by atoms with van der Waals surface area (Å²) in [5.74, 6) is -0.883. The van der Waals surface area contributed by atoms with Gasteiger partial charge in [-0.3, -0.25) is 9.59 Å². The van der Waals surface area contributed by atoms with Gasteiger partial charge in [0, 0.05) is 5.56 Å². The highest BCUT2D eigenvalue weighted by molar-refractivity contribution is 5.95. The van der Waals surface area contributed by atoms with Crippen LogP contribution in [0.15, 0.2) is 36.9 Å². The summed E-state index contributed by atoms with van der Waals surface area (Å²) in [5.41, 5.74) is 0.386. The summed E-state index contributed by atoms with van der Waals surface area (Å²) in [4.78, 5) is 21.7. The fourth-order valence-corrected chi connectivity index (χ4v) is 1.12. The van der Waals surface area contributed by atoms with Gasteiger partial charge in [0.05, 0.1) is 0 Å². The summed E-state index contributed by atoms with van der Waals surface area (Å²) < 4.78 is 5.24. The topological polar surface area (TPSA) is 75.6 Å². The number of carboxylic acids is 1. The van der Waals surface area contributed by atoms with Gasteiger partial charge < -0.3 is 15.2 Å². The molecule has 0 fully saturated rings. The standard InChI is InChI=1S/C12H13NO4/c1-2-7-17-10-5-3-9(4-6-10)12(16)13-8-11(14)15/h2-6H,1,7-8H2,(H,13,16)(H,14,15). The van der Waals surface area contributed by atoms with Crippen LogP contribution < -0.4 is 10.1 Å². The normalized spacial score (nSPS) is 9.41. The van der Waals surface area contributed by atoms with Crippen LogP contribution in [-0.4, -0.2) is 30.1 Å². The molecule has 0 saturated carbocycles. The number of aliphatic carboxylic acids is 1. The second kappa shape index (κ2) is 6.32. The summed E-state index contributed by atoms with van der Waals surface area (Å²) in [7, 11) is 0. The molecule has 0 spiro atoms. The molecule has 0 aliphatic rings. The van der Waals surface area contributed by atoms with E-state index in [0.29, 0.717) is 17.9 Å². The number of hydrogen-bond donors (Lipinski definition) is 2. The minimum atomic E-state index is -1.08. The Labute approximate surface area is 98.7 Å². The van der Waals surface area contributed by atoms with E-state index in [0.717, 1.165) is 0 Å². The Morgan fingerprint density at radius 1 is 1.35 bits per heavy atom. The van der Waals surface area contributed by atoms with E-state index >= 15 is 0 Å². The molecule has 0 saturated heterocycles. The Morgan fingerprint density at radius 2 is 2.00 bits per heavy atom. The molecule has 1 aromatic rings. The summed E-state index contributed by atoms with van der Waals surface area (Å²) in [6, 6.07) is 6.41. The molecule has 0 aromatic heterocycles. The lowest BCUT2D eigenvalue weighted by molar-refractivity contribution is -0.135. The lowest BCUT2D eigenvalue weighted by atomic mass is 10.2. The third-order valence-electron chi connectivity index (χ3n) is 1.88. The Bertz CT molecular complexity index is 411. The molecule has 0 aliphatic carbocycles. The second-order valence-electron chi connectivity index (χ2n) is 3.20. The zero-order valence-corrected chi connectivity index (χ0v) is 9.18. The highest BCUT2D eigenvalue weighted by atomic mass is 16.5. The molecule has 0 heterocycles. The lowest BCUT2D eigenvalue weighted by Gasteiger charge is -2.05. The first-order chi connectivity index (χ1) is 8.13. The van der Waals surface area contributed by atoms with Crippen molar-refractivity contribution in [2.24, 2.45) is 0 Å². The van der Waals surface area contributed by atoms with Crippen molar-refractivity contribution in [2.45, 2.75) is 0 Å². The van der Waals surface area contributed by atoms with Gasteiger partial charge >= 0.3 is 5.97 Å². The molecule has 1 amide bonds. The Hall–Kier alpha value is -2.30. The average molecular weight is 235 g/mol. The first-order valence-corrected chi connectivity index (χ1v) is 4.97. The molecule has 5 heteroatoms. The van der Waals surface area contributed by atoms with Gasteiger partial charge in [-0.25, -0.2) is 0 Å². The summed E-state index contributed by atoms with van der Waals surface area (Å²) in [6.07, 6.45) is 1.62. The maximum absolute atomic E-state index is 11.4. The molecule has 2 N–H and O–H groups in total. The van der Waals surface area contributed by atoms with Gasteiger partial charge in [-0.15, -0.1) is 0 Å². The van der Waals surface area contributed by atoms with Crippen LogP contribution in [0.3, 0.4) is 0 Å². The van der Waals surface area contributed by atoms with Crippen molar-refractivity contribution in [3.05, 3.63) is 42.5 Å². The molecule has 0 unspecified atom stereocenters. The van der Waals surface area contributed by atoms with Gasteiger partial charge in [0.15, 0.2) is 0 Å². The Morgan fingerprint density at radius 3 is 2.53 bits per heavy atom. The number of carboxylic acid groups (broad SMARTS) is 1. The zero-order chi connectivity index (χ0) is 12.7. The number of benzene rings is 1. The van der Waals surface area contributed by atoms with Gasteiger partial charge in [0.2, 0.25) is 0 Å². The Balaban J connectivity index is 2.57. The van der Waals surface area contributed by atoms with Crippen LogP contribution in [0.1, 0.15) is 10.4 Å². The van der Waals surface area contributed by atoms with Crippen LogP contribution in [0.2, 0.25) is 0 Å². The number of rotatable bonds is 6. The molecular weight excluding hydrogens is 222 g/mol. The van der Waals surface area contributed by atoms with E-state index < -0.39 is 18.4 Å².